The summed E-state index contributed by atoms with van der Waals surface area (Å²) in [4.78, 5) is 4.39. The van der Waals surface area contributed by atoms with E-state index in [1.165, 1.54) is 22.4 Å². The van der Waals surface area contributed by atoms with Crippen molar-refractivity contribution in [2.75, 3.05) is 20.2 Å². The van der Waals surface area contributed by atoms with Gasteiger partial charge in [-0.05, 0) is 39.2 Å². The molecule has 0 amide bonds. The summed E-state index contributed by atoms with van der Waals surface area (Å²) in [5, 5.41) is 11.4. The largest absolute Gasteiger partial charge is 0.373 e. The Kier molecular flexibility index (Phi) is 8.95. The molecule has 7 heteroatoms. The number of benzene rings is 1. The van der Waals surface area contributed by atoms with Gasteiger partial charge in [-0.2, -0.15) is 5.10 Å². The van der Waals surface area contributed by atoms with Gasteiger partial charge in [-0.3, -0.25) is 9.67 Å². The van der Waals surface area contributed by atoms with E-state index in [0.29, 0.717) is 12.5 Å². The zero-order chi connectivity index (χ0) is 20.1. The number of aromatic nitrogens is 2. The molecule has 2 unspecified atom stereocenters. The Labute approximate surface area is 191 Å². The number of ether oxygens (including phenoxy) is 1. The molecule has 0 bridgehead atoms. The van der Waals surface area contributed by atoms with E-state index in [1.807, 2.05) is 25.7 Å². The summed E-state index contributed by atoms with van der Waals surface area (Å²) in [7, 11) is 3.79. The highest BCUT2D eigenvalue weighted by Crippen LogP contribution is 2.33. The number of aliphatic imine (C=N–C) groups is 1. The lowest BCUT2D eigenvalue weighted by Crippen LogP contribution is -2.41. The van der Waals surface area contributed by atoms with Crippen LogP contribution in [0.4, 0.5) is 0 Å². The maximum absolute atomic E-state index is 6.13. The van der Waals surface area contributed by atoms with Gasteiger partial charge in [0.2, 0.25) is 0 Å². The van der Waals surface area contributed by atoms with Gasteiger partial charge in [0.15, 0.2) is 5.96 Å². The Morgan fingerprint density at radius 3 is 2.55 bits per heavy atom. The predicted octanol–water partition coefficient (Wildman–Crippen LogP) is 3.80. The van der Waals surface area contributed by atoms with Crippen LogP contribution in [-0.2, 0) is 18.3 Å². The molecule has 1 aliphatic rings. The van der Waals surface area contributed by atoms with Crippen LogP contribution < -0.4 is 10.6 Å². The van der Waals surface area contributed by atoms with Gasteiger partial charge in [0.25, 0.3) is 0 Å². The lowest BCUT2D eigenvalue weighted by molar-refractivity contribution is -0.0265. The van der Waals surface area contributed by atoms with Crippen LogP contribution in [0.1, 0.15) is 47.0 Å². The Morgan fingerprint density at radius 2 is 1.93 bits per heavy atom. The van der Waals surface area contributed by atoms with Crippen molar-refractivity contribution in [3.63, 3.8) is 0 Å². The first-order valence-corrected chi connectivity index (χ1v) is 10.1. The molecule has 1 aromatic carbocycles. The van der Waals surface area contributed by atoms with Crippen LogP contribution in [0, 0.1) is 26.7 Å². The third-order valence-electron chi connectivity index (χ3n) is 5.70. The number of hydrogen-bond donors (Lipinski definition) is 2. The second-order valence-electron chi connectivity index (χ2n) is 7.68. The summed E-state index contributed by atoms with van der Waals surface area (Å²) >= 11 is 0. The van der Waals surface area contributed by atoms with Crippen LogP contribution in [0.2, 0.25) is 0 Å². The third kappa shape index (κ3) is 5.94. The molecular formula is C22H34IN5O. The molecule has 2 aromatic rings. The Bertz CT molecular complexity index is 815. The van der Waals surface area contributed by atoms with Gasteiger partial charge < -0.3 is 15.4 Å². The minimum atomic E-state index is 0. The average Bonchev–Trinajstić information content (AvgIpc) is 2.94. The van der Waals surface area contributed by atoms with Crippen molar-refractivity contribution < 1.29 is 4.74 Å². The van der Waals surface area contributed by atoms with Crippen molar-refractivity contribution in [1.82, 2.24) is 20.4 Å². The van der Waals surface area contributed by atoms with Crippen LogP contribution in [0.15, 0.2) is 29.3 Å². The molecule has 160 valence electrons. The molecule has 6 nitrogen and oxygen atoms in total. The van der Waals surface area contributed by atoms with E-state index in [1.54, 1.807) is 0 Å². The second-order valence-corrected chi connectivity index (χ2v) is 7.68. The summed E-state index contributed by atoms with van der Waals surface area (Å²) in [6.07, 6.45) is 2.40. The molecule has 0 aliphatic carbocycles. The van der Waals surface area contributed by atoms with Crippen LogP contribution in [0.3, 0.4) is 0 Å². The summed E-state index contributed by atoms with van der Waals surface area (Å²) in [6, 6.07) is 8.71. The Hall–Kier alpha value is -1.61. The molecule has 0 radical (unpaired) electrons. The molecule has 1 saturated heterocycles. The zero-order valence-electron chi connectivity index (χ0n) is 18.2. The molecule has 3 rings (SSSR count). The van der Waals surface area contributed by atoms with E-state index in [2.05, 4.69) is 58.8 Å². The number of rotatable bonds is 5. The first-order chi connectivity index (χ1) is 13.5. The summed E-state index contributed by atoms with van der Waals surface area (Å²) < 4.78 is 8.06. The fourth-order valence-electron chi connectivity index (χ4n) is 3.87. The number of aryl methyl sites for hydroxylation is 3. The van der Waals surface area contributed by atoms with Crippen molar-refractivity contribution in [2.45, 2.75) is 46.3 Å². The number of nitrogens with one attached hydrogen (secondary N) is 2. The maximum atomic E-state index is 6.13. The minimum absolute atomic E-state index is 0. The summed E-state index contributed by atoms with van der Waals surface area (Å²) in [5.41, 5.74) is 6.01. The number of halogens is 1. The van der Waals surface area contributed by atoms with Gasteiger partial charge in [-0.1, -0.05) is 29.8 Å². The number of nitrogens with zero attached hydrogens (tertiary/aromatic N) is 3. The third-order valence-corrected chi connectivity index (χ3v) is 5.70. The fourth-order valence-corrected chi connectivity index (χ4v) is 3.87. The van der Waals surface area contributed by atoms with E-state index in [4.69, 9.17) is 4.74 Å². The van der Waals surface area contributed by atoms with E-state index in [9.17, 15) is 0 Å². The molecular weight excluding hydrogens is 477 g/mol. The predicted molar refractivity (Wildman–Crippen MR) is 129 cm³/mol. The van der Waals surface area contributed by atoms with Crippen molar-refractivity contribution in [2.24, 2.45) is 18.0 Å². The fraction of sp³-hybridized carbons (Fsp3) is 0.545. The average molecular weight is 511 g/mol. The normalized spacial score (nSPS) is 19.6. The van der Waals surface area contributed by atoms with Crippen LogP contribution in [0.25, 0.3) is 0 Å². The van der Waals surface area contributed by atoms with E-state index < -0.39 is 0 Å². The van der Waals surface area contributed by atoms with Gasteiger partial charge in [0.05, 0.1) is 11.8 Å². The van der Waals surface area contributed by atoms with Crippen LogP contribution >= 0.6 is 24.0 Å². The lowest BCUT2D eigenvalue weighted by atomic mass is 9.89. The molecule has 2 N–H and O–H groups in total. The molecule has 2 heterocycles. The number of hydrogen-bond acceptors (Lipinski definition) is 3. The van der Waals surface area contributed by atoms with Gasteiger partial charge in [-0.15, -0.1) is 24.0 Å². The molecule has 1 aliphatic heterocycles. The van der Waals surface area contributed by atoms with Crippen molar-refractivity contribution >= 4 is 29.9 Å². The summed E-state index contributed by atoms with van der Waals surface area (Å²) in [6.45, 7) is 8.65. The standard InChI is InChI=1S/C22H33N5O.HI/c1-15-8-10-18(11-9-15)21-19(7-6-12-28-21)13-24-22(23-4)25-14-20-16(2)26-27(5)17(20)3;/h8-11,19,21H,6-7,12-14H2,1-5H3,(H2,23,24,25);1H. The maximum Gasteiger partial charge on any atom is 0.191 e. The monoisotopic (exact) mass is 511 g/mol. The van der Waals surface area contributed by atoms with E-state index in [0.717, 1.165) is 37.6 Å². The first-order valence-electron chi connectivity index (χ1n) is 10.1. The smallest absolute Gasteiger partial charge is 0.191 e. The first kappa shape index (κ1) is 23.7. The topological polar surface area (TPSA) is 63.5 Å². The Balaban J connectivity index is 0.00000300. The molecule has 1 fully saturated rings. The van der Waals surface area contributed by atoms with E-state index in [-0.39, 0.29) is 30.1 Å². The minimum Gasteiger partial charge on any atom is -0.373 e. The van der Waals surface area contributed by atoms with Gasteiger partial charge in [0.1, 0.15) is 0 Å². The van der Waals surface area contributed by atoms with Crippen LogP contribution in [0.5, 0.6) is 0 Å². The Morgan fingerprint density at radius 1 is 1.21 bits per heavy atom. The summed E-state index contributed by atoms with van der Waals surface area (Å²) in [5.74, 6) is 1.24. The highest BCUT2D eigenvalue weighted by molar-refractivity contribution is 14.0. The zero-order valence-corrected chi connectivity index (χ0v) is 20.5. The van der Waals surface area contributed by atoms with Crippen molar-refractivity contribution in [1.29, 1.82) is 0 Å². The quantitative estimate of drug-likeness (QED) is 0.364. The second kappa shape index (κ2) is 11.0. The highest BCUT2D eigenvalue weighted by Gasteiger charge is 2.27. The van der Waals surface area contributed by atoms with E-state index >= 15 is 0 Å². The van der Waals surface area contributed by atoms with Crippen molar-refractivity contribution in [3.05, 3.63) is 52.3 Å². The SMILES string of the molecule is CN=C(NCc1c(C)nn(C)c1C)NCC1CCCOC1c1ccc(C)cc1.I. The lowest BCUT2D eigenvalue weighted by Gasteiger charge is -2.32. The number of guanidine groups is 1. The van der Waals surface area contributed by atoms with Gasteiger partial charge in [0, 0.05) is 51.0 Å². The molecule has 0 saturated carbocycles. The molecule has 0 spiro atoms. The molecule has 2 atom stereocenters. The van der Waals surface area contributed by atoms with Gasteiger partial charge in [-0.25, -0.2) is 0 Å². The molecule has 29 heavy (non-hydrogen) atoms. The van der Waals surface area contributed by atoms with Gasteiger partial charge >= 0.3 is 0 Å². The highest BCUT2D eigenvalue weighted by atomic mass is 127. The van der Waals surface area contributed by atoms with Crippen LogP contribution in [-0.4, -0.2) is 35.9 Å². The van der Waals surface area contributed by atoms with Crippen molar-refractivity contribution in [3.8, 4) is 0 Å². The molecule has 1 aromatic heterocycles.